The van der Waals surface area contributed by atoms with E-state index in [0.717, 1.165) is 0 Å². The van der Waals surface area contributed by atoms with Crippen LogP contribution in [-0.4, -0.2) is 21.1 Å². The monoisotopic (exact) mass is 291 g/mol. The van der Waals surface area contributed by atoms with E-state index in [2.05, 4.69) is 14.8 Å². The van der Waals surface area contributed by atoms with E-state index in [-0.39, 0.29) is 11.1 Å². The van der Waals surface area contributed by atoms with Crippen molar-refractivity contribution >= 4 is 11.6 Å². The maximum absolute atomic E-state index is 12.0. The number of benzene rings is 1. The number of hydrogen-bond acceptors (Lipinski definition) is 3. The van der Waals surface area contributed by atoms with Crippen molar-refractivity contribution < 1.29 is 17.9 Å². The lowest BCUT2D eigenvalue weighted by molar-refractivity contribution is -0.274. The molecule has 1 aromatic heterocycles. The predicted octanol–water partition coefficient (Wildman–Crippen LogP) is 3.47. The summed E-state index contributed by atoms with van der Waals surface area (Å²) in [6, 6.07) is 5.29. The minimum atomic E-state index is -4.70. The summed E-state index contributed by atoms with van der Waals surface area (Å²) in [6.07, 6.45) is -3.38. The molecule has 8 heteroatoms. The molecule has 0 fully saturated rings. The molecule has 0 N–H and O–H groups in total. The number of ether oxygens (including phenoxy) is 1. The molecule has 0 amide bonds. The van der Waals surface area contributed by atoms with E-state index in [1.807, 2.05) is 0 Å². The van der Waals surface area contributed by atoms with Crippen molar-refractivity contribution in [3.63, 3.8) is 0 Å². The normalized spacial score (nSPS) is 13.3. The van der Waals surface area contributed by atoms with Gasteiger partial charge in [-0.3, -0.25) is 0 Å². The van der Waals surface area contributed by atoms with Crippen molar-refractivity contribution in [3.05, 3.63) is 36.4 Å². The van der Waals surface area contributed by atoms with Crippen molar-refractivity contribution in [2.24, 2.45) is 0 Å². The zero-order valence-electron chi connectivity index (χ0n) is 9.73. The fraction of sp³-hybridized carbons (Fsp3) is 0.273. The molecular weight excluding hydrogens is 283 g/mol. The van der Waals surface area contributed by atoms with Crippen LogP contribution < -0.4 is 4.74 Å². The van der Waals surface area contributed by atoms with Crippen LogP contribution in [0.3, 0.4) is 0 Å². The number of halogens is 4. The summed E-state index contributed by atoms with van der Waals surface area (Å²) in [5, 5.41) is 3.60. The standard InChI is InChI=1S/C11H9ClF3N3O/c1-7(12)10-16-6-17-18(10)8-2-4-9(5-3-8)19-11(13,14)15/h2-7H,1H3. The first-order valence-corrected chi connectivity index (χ1v) is 5.70. The molecular formula is C11H9ClF3N3O. The first-order chi connectivity index (χ1) is 8.87. The Hall–Kier alpha value is -1.76. The van der Waals surface area contributed by atoms with Crippen LogP contribution in [0.25, 0.3) is 5.69 Å². The number of rotatable bonds is 3. The van der Waals surface area contributed by atoms with Crippen molar-refractivity contribution in [3.8, 4) is 11.4 Å². The molecule has 19 heavy (non-hydrogen) atoms. The number of hydrogen-bond donors (Lipinski definition) is 0. The number of aromatic nitrogens is 3. The number of nitrogens with zero attached hydrogens (tertiary/aromatic N) is 3. The lowest BCUT2D eigenvalue weighted by Crippen LogP contribution is -2.17. The summed E-state index contributed by atoms with van der Waals surface area (Å²) in [7, 11) is 0. The van der Waals surface area contributed by atoms with E-state index in [9.17, 15) is 13.2 Å². The molecule has 1 aromatic carbocycles. The Morgan fingerprint density at radius 2 is 1.89 bits per heavy atom. The van der Waals surface area contributed by atoms with E-state index >= 15 is 0 Å². The second-order valence-electron chi connectivity index (χ2n) is 3.69. The summed E-state index contributed by atoms with van der Waals surface area (Å²) in [5.74, 6) is 0.211. The van der Waals surface area contributed by atoms with Gasteiger partial charge in [0, 0.05) is 0 Å². The quantitative estimate of drug-likeness (QED) is 0.813. The molecule has 0 aliphatic heterocycles. The van der Waals surface area contributed by atoms with Gasteiger partial charge in [0.15, 0.2) is 0 Å². The van der Waals surface area contributed by atoms with Gasteiger partial charge in [-0.05, 0) is 31.2 Å². The Labute approximate surface area is 111 Å². The summed E-state index contributed by atoms with van der Waals surface area (Å²) >= 11 is 5.92. The van der Waals surface area contributed by atoms with Gasteiger partial charge in [-0.1, -0.05) is 0 Å². The summed E-state index contributed by atoms with van der Waals surface area (Å²) in [4.78, 5) is 3.98. The Morgan fingerprint density at radius 1 is 1.26 bits per heavy atom. The topological polar surface area (TPSA) is 39.9 Å². The Morgan fingerprint density at radius 3 is 2.42 bits per heavy atom. The van der Waals surface area contributed by atoms with E-state index in [0.29, 0.717) is 11.5 Å². The molecule has 102 valence electrons. The summed E-state index contributed by atoms with van der Waals surface area (Å²) < 4.78 is 41.3. The molecule has 0 aliphatic carbocycles. The molecule has 0 spiro atoms. The van der Waals surface area contributed by atoms with Crippen LogP contribution >= 0.6 is 11.6 Å². The van der Waals surface area contributed by atoms with Gasteiger partial charge < -0.3 is 4.74 Å². The molecule has 1 unspecified atom stereocenters. The molecule has 0 saturated carbocycles. The third-order valence-electron chi connectivity index (χ3n) is 2.24. The average Bonchev–Trinajstić information content (AvgIpc) is 2.76. The molecule has 1 heterocycles. The van der Waals surface area contributed by atoms with Crippen molar-refractivity contribution in [1.29, 1.82) is 0 Å². The lowest BCUT2D eigenvalue weighted by atomic mass is 10.3. The first kappa shape index (κ1) is 13.7. The van der Waals surface area contributed by atoms with Crippen LogP contribution in [-0.2, 0) is 0 Å². The van der Waals surface area contributed by atoms with Gasteiger partial charge in [-0.25, -0.2) is 9.67 Å². The summed E-state index contributed by atoms with van der Waals surface area (Å²) in [6.45, 7) is 1.73. The van der Waals surface area contributed by atoms with Gasteiger partial charge in [0.05, 0.1) is 11.1 Å². The van der Waals surface area contributed by atoms with E-state index in [4.69, 9.17) is 11.6 Å². The van der Waals surface area contributed by atoms with Crippen molar-refractivity contribution in [1.82, 2.24) is 14.8 Å². The van der Waals surface area contributed by atoms with Crippen LogP contribution in [0.4, 0.5) is 13.2 Å². The summed E-state index contributed by atoms with van der Waals surface area (Å²) in [5.41, 5.74) is 0.550. The van der Waals surface area contributed by atoms with Crippen LogP contribution in [0.5, 0.6) is 5.75 Å². The van der Waals surface area contributed by atoms with Crippen LogP contribution in [0.15, 0.2) is 30.6 Å². The van der Waals surface area contributed by atoms with Gasteiger partial charge in [-0.2, -0.15) is 5.10 Å². The lowest BCUT2D eigenvalue weighted by Gasteiger charge is -2.10. The molecule has 0 saturated heterocycles. The molecule has 0 radical (unpaired) electrons. The van der Waals surface area contributed by atoms with Gasteiger partial charge in [0.2, 0.25) is 0 Å². The third kappa shape index (κ3) is 3.37. The van der Waals surface area contributed by atoms with E-state index < -0.39 is 6.36 Å². The molecule has 4 nitrogen and oxygen atoms in total. The van der Waals surface area contributed by atoms with Crippen LogP contribution in [0.2, 0.25) is 0 Å². The zero-order chi connectivity index (χ0) is 14.0. The highest BCUT2D eigenvalue weighted by Gasteiger charge is 2.31. The Balaban J connectivity index is 2.25. The van der Waals surface area contributed by atoms with Gasteiger partial charge in [-0.15, -0.1) is 24.8 Å². The van der Waals surface area contributed by atoms with Crippen molar-refractivity contribution in [2.45, 2.75) is 18.7 Å². The first-order valence-electron chi connectivity index (χ1n) is 5.27. The highest BCUT2D eigenvalue weighted by molar-refractivity contribution is 6.20. The second kappa shape index (κ2) is 5.08. The largest absolute Gasteiger partial charge is 0.573 e. The highest BCUT2D eigenvalue weighted by Crippen LogP contribution is 2.25. The highest BCUT2D eigenvalue weighted by atomic mass is 35.5. The maximum atomic E-state index is 12.0. The van der Waals surface area contributed by atoms with E-state index in [1.54, 1.807) is 6.92 Å². The molecule has 2 rings (SSSR count). The minimum absolute atomic E-state index is 0.295. The van der Waals surface area contributed by atoms with Crippen molar-refractivity contribution in [2.75, 3.05) is 0 Å². The van der Waals surface area contributed by atoms with Gasteiger partial charge in [0.25, 0.3) is 0 Å². The predicted molar refractivity (Wildman–Crippen MR) is 62.3 cm³/mol. The fourth-order valence-corrected chi connectivity index (χ4v) is 1.66. The molecule has 0 bridgehead atoms. The minimum Gasteiger partial charge on any atom is -0.406 e. The fourth-order valence-electron chi connectivity index (χ4n) is 1.51. The van der Waals surface area contributed by atoms with Gasteiger partial charge >= 0.3 is 6.36 Å². The third-order valence-corrected chi connectivity index (χ3v) is 2.44. The molecule has 0 aliphatic rings. The maximum Gasteiger partial charge on any atom is 0.573 e. The second-order valence-corrected chi connectivity index (χ2v) is 4.34. The number of alkyl halides is 4. The zero-order valence-corrected chi connectivity index (χ0v) is 10.5. The van der Waals surface area contributed by atoms with Crippen LogP contribution in [0.1, 0.15) is 18.1 Å². The van der Waals surface area contributed by atoms with Gasteiger partial charge in [0.1, 0.15) is 17.9 Å². The Bertz CT molecular complexity index is 551. The molecule has 1 atom stereocenters. The average molecular weight is 292 g/mol. The van der Waals surface area contributed by atoms with E-state index in [1.165, 1.54) is 35.3 Å². The SMILES string of the molecule is CC(Cl)c1ncnn1-c1ccc(OC(F)(F)F)cc1. The smallest absolute Gasteiger partial charge is 0.406 e. The Kier molecular flexibility index (Phi) is 3.66. The molecule has 2 aromatic rings. The van der Waals surface area contributed by atoms with Crippen LogP contribution in [0, 0.1) is 0 Å².